The molecule has 3 aromatic rings. The zero-order valence-electron chi connectivity index (χ0n) is 10.4. The van der Waals surface area contributed by atoms with Gasteiger partial charge in [-0.3, -0.25) is 4.57 Å². The number of hydrogen-bond donors (Lipinski definition) is 0. The Morgan fingerprint density at radius 1 is 1.29 bits per heavy atom. The largest absolute Gasteiger partial charge is 0.295 e. The van der Waals surface area contributed by atoms with Crippen molar-refractivity contribution in [3.8, 4) is 5.69 Å². The van der Waals surface area contributed by atoms with Gasteiger partial charge in [0.25, 0.3) is 0 Å². The molecule has 0 saturated carbocycles. The number of nitrogens with zero attached hydrogens (tertiary/aromatic N) is 2. The third kappa shape index (κ3) is 2.81. The van der Waals surface area contributed by atoms with Crippen molar-refractivity contribution in [3.05, 3.63) is 55.0 Å². The summed E-state index contributed by atoms with van der Waals surface area (Å²) in [7, 11) is 0. The molecule has 0 fully saturated rings. The summed E-state index contributed by atoms with van der Waals surface area (Å²) >= 11 is 17.4. The van der Waals surface area contributed by atoms with E-state index in [1.807, 2.05) is 39.3 Å². The van der Waals surface area contributed by atoms with Crippen LogP contribution in [0.25, 0.3) is 16.7 Å². The highest BCUT2D eigenvalue weighted by Gasteiger charge is 2.15. The van der Waals surface area contributed by atoms with Crippen molar-refractivity contribution in [2.45, 2.75) is 5.88 Å². The predicted molar refractivity (Wildman–Crippen MR) is 96.0 cm³/mol. The number of hydrogen-bond acceptors (Lipinski definition) is 1. The number of aromatic nitrogens is 2. The Morgan fingerprint density at radius 3 is 2.71 bits per heavy atom. The minimum absolute atomic E-state index is 0.229. The van der Waals surface area contributed by atoms with E-state index in [1.54, 1.807) is 12.1 Å². The number of alkyl halides is 1. The van der Waals surface area contributed by atoms with Crippen molar-refractivity contribution < 1.29 is 4.39 Å². The molecule has 1 heterocycles. The molecule has 21 heavy (non-hydrogen) atoms. The van der Waals surface area contributed by atoms with E-state index in [4.69, 9.17) is 23.2 Å². The fourth-order valence-electron chi connectivity index (χ4n) is 2.12. The van der Waals surface area contributed by atoms with Crippen LogP contribution in [0.15, 0.2) is 34.8 Å². The molecule has 3 rings (SSSR count). The Kier molecular flexibility index (Phi) is 4.45. The van der Waals surface area contributed by atoms with E-state index in [2.05, 4.69) is 20.9 Å². The molecule has 7 heteroatoms. The second-order valence-corrected chi connectivity index (χ2v) is 7.04. The molecule has 1 aromatic heterocycles. The Balaban J connectivity index is 2.34. The highest BCUT2D eigenvalue weighted by molar-refractivity contribution is 14.1. The highest BCUT2D eigenvalue weighted by Crippen LogP contribution is 2.30. The molecule has 108 valence electrons. The van der Waals surface area contributed by atoms with Crippen molar-refractivity contribution in [2.75, 3.05) is 0 Å². The van der Waals surface area contributed by atoms with Crippen LogP contribution in [0.3, 0.4) is 0 Å². The second-order valence-electron chi connectivity index (χ2n) is 4.35. The average Bonchev–Trinajstić information content (AvgIpc) is 2.80. The third-order valence-corrected chi connectivity index (χ3v) is 5.33. The molecule has 0 atom stereocenters. The molecule has 0 aliphatic rings. The quantitative estimate of drug-likeness (QED) is 0.316. The maximum absolute atomic E-state index is 13.9. The van der Waals surface area contributed by atoms with Crippen LogP contribution in [0.5, 0.6) is 0 Å². The van der Waals surface area contributed by atoms with Crippen molar-refractivity contribution in [3.63, 3.8) is 0 Å². The van der Waals surface area contributed by atoms with Crippen LogP contribution in [0, 0.1) is 9.39 Å². The van der Waals surface area contributed by atoms with E-state index >= 15 is 0 Å². The SMILES string of the molecule is Fc1cc2c(cc1I)nc(CCl)n2-c1ccc(Cl)c(Br)c1. The number of rotatable bonds is 2. The molecular formula is C14H7BrCl2FIN2. The molecule has 0 bridgehead atoms. The van der Waals surface area contributed by atoms with Gasteiger partial charge in [0.2, 0.25) is 0 Å². The average molecular weight is 500 g/mol. The summed E-state index contributed by atoms with van der Waals surface area (Å²) in [5.74, 6) is 0.605. The molecule has 0 aliphatic heterocycles. The molecular weight excluding hydrogens is 493 g/mol. The zero-order chi connectivity index (χ0) is 15.1. The summed E-state index contributed by atoms with van der Waals surface area (Å²) in [5.41, 5.74) is 2.21. The van der Waals surface area contributed by atoms with E-state index in [0.29, 0.717) is 25.5 Å². The summed E-state index contributed by atoms with van der Waals surface area (Å²) in [6.45, 7) is 0. The second kappa shape index (κ2) is 6.02. The third-order valence-electron chi connectivity index (χ3n) is 3.05. The lowest BCUT2D eigenvalue weighted by Gasteiger charge is -2.09. The van der Waals surface area contributed by atoms with Crippen molar-refractivity contribution in [2.24, 2.45) is 0 Å². The van der Waals surface area contributed by atoms with Crippen LogP contribution in [0.1, 0.15) is 5.82 Å². The fraction of sp³-hybridized carbons (Fsp3) is 0.0714. The maximum atomic E-state index is 13.9. The normalized spacial score (nSPS) is 11.3. The Morgan fingerprint density at radius 2 is 2.05 bits per heavy atom. The molecule has 0 saturated heterocycles. The fourth-order valence-corrected chi connectivity index (χ4v) is 3.24. The highest BCUT2D eigenvalue weighted by atomic mass is 127. The first-order chi connectivity index (χ1) is 10.0. The van der Waals surface area contributed by atoms with Crippen molar-refractivity contribution in [1.29, 1.82) is 0 Å². The van der Waals surface area contributed by atoms with Gasteiger partial charge in [0.05, 0.1) is 25.5 Å². The number of fused-ring (bicyclic) bond motifs is 1. The molecule has 0 unspecified atom stereocenters. The molecule has 0 spiro atoms. The first kappa shape index (κ1) is 15.5. The Labute approximate surface area is 152 Å². The number of benzene rings is 2. The van der Waals surface area contributed by atoms with E-state index in [9.17, 15) is 4.39 Å². The van der Waals surface area contributed by atoms with Gasteiger partial charge in [-0.2, -0.15) is 0 Å². The Bertz CT molecular complexity index is 851. The minimum Gasteiger partial charge on any atom is -0.295 e. The summed E-state index contributed by atoms with van der Waals surface area (Å²) in [6.07, 6.45) is 0. The van der Waals surface area contributed by atoms with Gasteiger partial charge in [0.15, 0.2) is 0 Å². The van der Waals surface area contributed by atoms with Gasteiger partial charge in [0, 0.05) is 16.2 Å². The van der Waals surface area contributed by atoms with Gasteiger partial charge in [-0.15, -0.1) is 11.6 Å². The van der Waals surface area contributed by atoms with Crippen LogP contribution < -0.4 is 0 Å². The van der Waals surface area contributed by atoms with Crippen LogP contribution in [-0.2, 0) is 5.88 Å². The summed E-state index contributed by atoms with van der Waals surface area (Å²) in [5, 5.41) is 0.608. The molecule has 2 nitrogen and oxygen atoms in total. The van der Waals surface area contributed by atoms with Crippen LogP contribution in [0.2, 0.25) is 5.02 Å². The van der Waals surface area contributed by atoms with Gasteiger partial charge >= 0.3 is 0 Å². The smallest absolute Gasteiger partial charge is 0.138 e. The van der Waals surface area contributed by atoms with Crippen molar-refractivity contribution >= 4 is 72.8 Å². The summed E-state index contributed by atoms with van der Waals surface area (Å²) in [4.78, 5) is 4.47. The van der Waals surface area contributed by atoms with Crippen LogP contribution in [0.4, 0.5) is 4.39 Å². The van der Waals surface area contributed by atoms with Crippen LogP contribution >= 0.6 is 61.7 Å². The number of imidazole rings is 1. The minimum atomic E-state index is -0.279. The predicted octanol–water partition coefficient (Wildman–Crippen LogP) is 5.92. The number of halogens is 5. The summed E-state index contributed by atoms with van der Waals surface area (Å²) in [6, 6.07) is 8.66. The lowest BCUT2D eigenvalue weighted by molar-refractivity contribution is 0.622. The van der Waals surface area contributed by atoms with Gasteiger partial charge < -0.3 is 0 Å². The molecule has 2 aromatic carbocycles. The lowest BCUT2D eigenvalue weighted by Crippen LogP contribution is -1.99. The first-order valence-electron chi connectivity index (χ1n) is 5.89. The zero-order valence-corrected chi connectivity index (χ0v) is 15.6. The molecule has 0 radical (unpaired) electrons. The van der Waals surface area contributed by atoms with Gasteiger partial charge in [-0.25, -0.2) is 9.37 Å². The summed E-state index contributed by atoms with van der Waals surface area (Å²) < 4.78 is 17.0. The molecule has 0 aliphatic carbocycles. The van der Waals surface area contributed by atoms with Gasteiger partial charge in [-0.05, 0) is 62.8 Å². The standard InChI is InChI=1S/C14H7BrCl2FIN2/c15-8-3-7(1-2-9(8)17)21-13-4-10(18)11(19)5-12(13)20-14(21)6-16/h1-5H,6H2. The van der Waals surface area contributed by atoms with Gasteiger partial charge in [0.1, 0.15) is 11.6 Å². The van der Waals surface area contributed by atoms with Crippen molar-refractivity contribution in [1.82, 2.24) is 9.55 Å². The molecule has 0 N–H and O–H groups in total. The van der Waals surface area contributed by atoms with Gasteiger partial charge in [-0.1, -0.05) is 11.6 Å². The van der Waals surface area contributed by atoms with Crippen LogP contribution in [-0.4, -0.2) is 9.55 Å². The van der Waals surface area contributed by atoms with E-state index in [1.165, 1.54) is 6.07 Å². The van der Waals surface area contributed by atoms with E-state index in [-0.39, 0.29) is 11.7 Å². The topological polar surface area (TPSA) is 17.8 Å². The van der Waals surface area contributed by atoms with E-state index < -0.39 is 0 Å². The Hall–Kier alpha value is -0.370. The first-order valence-corrected chi connectivity index (χ1v) is 8.67. The monoisotopic (exact) mass is 498 g/mol. The lowest BCUT2D eigenvalue weighted by atomic mass is 10.2. The molecule has 0 amide bonds. The van der Waals surface area contributed by atoms with E-state index in [0.717, 1.165) is 10.2 Å². The maximum Gasteiger partial charge on any atom is 0.138 e.